The average molecular weight is 373 g/mol. The first-order chi connectivity index (χ1) is 10.1. The summed E-state index contributed by atoms with van der Waals surface area (Å²) in [5.74, 6) is 0.817. The maximum Gasteiger partial charge on any atom is 0.161 e. The van der Waals surface area contributed by atoms with Gasteiger partial charge in [-0.15, -0.1) is 11.3 Å². The standard InChI is InChI=1S/C14H21BrN4OS/c1-16-13(12-7-10(15)9-21-12)14-11(20-4)8-17-19(14)6-5-18(2)3/h7-9,13,16H,5-6H2,1-4H3. The fourth-order valence-corrected chi connectivity index (χ4v) is 3.75. The lowest BCUT2D eigenvalue weighted by atomic mass is 10.1. The van der Waals surface area contributed by atoms with Gasteiger partial charge >= 0.3 is 0 Å². The molecule has 0 aliphatic heterocycles. The molecule has 21 heavy (non-hydrogen) atoms. The minimum Gasteiger partial charge on any atom is -0.493 e. The Morgan fingerprint density at radius 1 is 1.52 bits per heavy atom. The summed E-state index contributed by atoms with van der Waals surface area (Å²) in [7, 11) is 7.77. The van der Waals surface area contributed by atoms with Crippen LogP contribution in [-0.2, 0) is 6.54 Å². The number of halogens is 1. The Morgan fingerprint density at radius 2 is 2.29 bits per heavy atom. The first-order valence-electron chi connectivity index (χ1n) is 6.72. The van der Waals surface area contributed by atoms with Crippen molar-refractivity contribution >= 4 is 27.3 Å². The van der Waals surface area contributed by atoms with E-state index in [1.54, 1.807) is 24.6 Å². The Labute approximate surface area is 138 Å². The number of hydrogen-bond acceptors (Lipinski definition) is 5. The Kier molecular flexibility index (Phi) is 5.80. The number of nitrogens with one attached hydrogen (secondary N) is 1. The maximum atomic E-state index is 5.50. The Balaban J connectivity index is 2.36. The van der Waals surface area contributed by atoms with Crippen LogP contribution >= 0.6 is 27.3 Å². The van der Waals surface area contributed by atoms with E-state index in [1.165, 1.54) is 4.88 Å². The second kappa shape index (κ2) is 7.40. The van der Waals surface area contributed by atoms with E-state index in [2.05, 4.69) is 56.8 Å². The summed E-state index contributed by atoms with van der Waals surface area (Å²) in [6.07, 6.45) is 1.79. The summed E-state index contributed by atoms with van der Waals surface area (Å²) < 4.78 is 8.62. The molecule has 0 aliphatic rings. The van der Waals surface area contributed by atoms with Crippen molar-refractivity contribution in [3.8, 4) is 5.75 Å². The molecule has 7 heteroatoms. The number of nitrogens with zero attached hydrogens (tertiary/aromatic N) is 3. The molecule has 2 aromatic heterocycles. The van der Waals surface area contributed by atoms with Crippen LogP contribution in [0.4, 0.5) is 0 Å². The van der Waals surface area contributed by atoms with Crippen LogP contribution < -0.4 is 10.1 Å². The zero-order valence-corrected chi connectivity index (χ0v) is 15.2. The van der Waals surface area contributed by atoms with Crippen molar-refractivity contribution < 1.29 is 4.74 Å². The van der Waals surface area contributed by atoms with Crippen LogP contribution in [0.15, 0.2) is 22.1 Å². The minimum atomic E-state index is 0.0703. The van der Waals surface area contributed by atoms with Crippen molar-refractivity contribution in [3.05, 3.63) is 32.7 Å². The average Bonchev–Trinajstić information content (AvgIpc) is 3.05. The van der Waals surface area contributed by atoms with E-state index in [0.717, 1.165) is 29.0 Å². The molecule has 2 heterocycles. The fourth-order valence-electron chi connectivity index (χ4n) is 2.19. The smallest absolute Gasteiger partial charge is 0.161 e. The highest BCUT2D eigenvalue weighted by atomic mass is 79.9. The normalized spacial score (nSPS) is 12.9. The highest BCUT2D eigenvalue weighted by Gasteiger charge is 2.23. The molecular formula is C14H21BrN4OS. The highest BCUT2D eigenvalue weighted by molar-refractivity contribution is 9.10. The van der Waals surface area contributed by atoms with Gasteiger partial charge in [0, 0.05) is 21.3 Å². The number of rotatable bonds is 7. The monoisotopic (exact) mass is 372 g/mol. The van der Waals surface area contributed by atoms with Crippen molar-refractivity contribution in [2.24, 2.45) is 0 Å². The third-order valence-electron chi connectivity index (χ3n) is 3.26. The quantitative estimate of drug-likeness (QED) is 0.810. The van der Waals surface area contributed by atoms with Gasteiger partial charge in [-0.05, 0) is 43.1 Å². The molecule has 0 radical (unpaired) electrons. The van der Waals surface area contributed by atoms with E-state index in [0.29, 0.717) is 0 Å². The predicted molar refractivity (Wildman–Crippen MR) is 90.3 cm³/mol. The molecule has 0 aliphatic carbocycles. The molecule has 2 rings (SSSR count). The van der Waals surface area contributed by atoms with Gasteiger partial charge in [0.25, 0.3) is 0 Å². The molecule has 0 aromatic carbocycles. The second-order valence-electron chi connectivity index (χ2n) is 5.01. The number of methoxy groups -OCH3 is 1. The van der Waals surface area contributed by atoms with Gasteiger partial charge in [0.1, 0.15) is 5.69 Å². The van der Waals surface area contributed by atoms with E-state index in [9.17, 15) is 0 Å². The summed E-state index contributed by atoms with van der Waals surface area (Å²) in [6.45, 7) is 1.76. The third-order valence-corrected chi connectivity index (χ3v) is 5.02. The Bertz CT molecular complexity index is 581. The lowest BCUT2D eigenvalue weighted by molar-refractivity contribution is 0.361. The van der Waals surface area contributed by atoms with Crippen molar-refractivity contribution in [1.29, 1.82) is 0 Å². The molecule has 0 amide bonds. The molecule has 116 valence electrons. The molecular weight excluding hydrogens is 352 g/mol. The van der Waals surface area contributed by atoms with E-state index < -0.39 is 0 Å². The van der Waals surface area contributed by atoms with Crippen LogP contribution in [0, 0.1) is 0 Å². The van der Waals surface area contributed by atoms with Gasteiger partial charge < -0.3 is 15.0 Å². The molecule has 0 fully saturated rings. The molecule has 0 saturated carbocycles. The molecule has 2 aromatic rings. The maximum absolute atomic E-state index is 5.50. The van der Waals surface area contributed by atoms with Crippen LogP contribution in [0.2, 0.25) is 0 Å². The van der Waals surface area contributed by atoms with Crippen molar-refractivity contribution in [2.45, 2.75) is 12.6 Å². The van der Waals surface area contributed by atoms with Crippen molar-refractivity contribution in [1.82, 2.24) is 20.0 Å². The first kappa shape index (κ1) is 16.5. The predicted octanol–water partition coefficient (Wildman–Crippen LogP) is 2.59. The highest BCUT2D eigenvalue weighted by Crippen LogP contribution is 2.34. The minimum absolute atomic E-state index is 0.0703. The summed E-state index contributed by atoms with van der Waals surface area (Å²) in [6, 6.07) is 2.20. The Hall–Kier alpha value is -0.890. The number of hydrogen-bond donors (Lipinski definition) is 1. The second-order valence-corrected chi connectivity index (χ2v) is 6.87. The molecule has 0 bridgehead atoms. The van der Waals surface area contributed by atoms with Gasteiger partial charge in [-0.2, -0.15) is 5.10 Å². The zero-order chi connectivity index (χ0) is 15.4. The van der Waals surface area contributed by atoms with Gasteiger partial charge in [0.05, 0.1) is 25.9 Å². The van der Waals surface area contributed by atoms with Crippen LogP contribution in [0.1, 0.15) is 16.6 Å². The lowest BCUT2D eigenvalue weighted by Crippen LogP contribution is -2.25. The zero-order valence-electron chi connectivity index (χ0n) is 12.8. The SMILES string of the molecule is CNC(c1cc(Br)cs1)c1c(OC)cnn1CCN(C)C. The summed E-state index contributed by atoms with van der Waals surface area (Å²) >= 11 is 5.24. The molecule has 0 saturated heterocycles. The summed E-state index contributed by atoms with van der Waals surface area (Å²) in [5.41, 5.74) is 1.07. The fraction of sp³-hybridized carbons (Fsp3) is 0.500. The van der Waals surface area contributed by atoms with Crippen LogP contribution in [0.5, 0.6) is 5.75 Å². The van der Waals surface area contributed by atoms with Crippen molar-refractivity contribution in [2.75, 3.05) is 34.8 Å². The molecule has 1 N–H and O–H groups in total. The van der Waals surface area contributed by atoms with Crippen LogP contribution in [-0.4, -0.2) is 49.5 Å². The van der Waals surface area contributed by atoms with Gasteiger partial charge in [0.2, 0.25) is 0 Å². The number of ether oxygens (including phenoxy) is 1. The lowest BCUT2D eigenvalue weighted by Gasteiger charge is -2.19. The topological polar surface area (TPSA) is 42.3 Å². The number of thiophene rings is 1. The van der Waals surface area contributed by atoms with Crippen molar-refractivity contribution in [3.63, 3.8) is 0 Å². The molecule has 1 atom stereocenters. The van der Waals surface area contributed by atoms with Gasteiger partial charge in [-0.25, -0.2) is 0 Å². The van der Waals surface area contributed by atoms with E-state index in [-0.39, 0.29) is 6.04 Å². The third kappa shape index (κ3) is 3.85. The van der Waals surface area contributed by atoms with Gasteiger partial charge in [0.15, 0.2) is 5.75 Å². The summed E-state index contributed by atoms with van der Waals surface area (Å²) in [4.78, 5) is 3.38. The molecule has 0 spiro atoms. The number of aromatic nitrogens is 2. The van der Waals surface area contributed by atoms with E-state index >= 15 is 0 Å². The Morgan fingerprint density at radius 3 is 2.81 bits per heavy atom. The van der Waals surface area contributed by atoms with E-state index in [4.69, 9.17) is 4.74 Å². The summed E-state index contributed by atoms with van der Waals surface area (Å²) in [5, 5.41) is 9.94. The largest absolute Gasteiger partial charge is 0.493 e. The van der Waals surface area contributed by atoms with Crippen LogP contribution in [0.25, 0.3) is 0 Å². The molecule has 1 unspecified atom stereocenters. The van der Waals surface area contributed by atoms with Crippen LogP contribution in [0.3, 0.4) is 0 Å². The van der Waals surface area contributed by atoms with Gasteiger partial charge in [-0.3, -0.25) is 4.68 Å². The number of likely N-dealkylation sites (N-methyl/N-ethyl adjacent to an activating group) is 1. The first-order valence-corrected chi connectivity index (χ1v) is 8.39. The van der Waals surface area contributed by atoms with Gasteiger partial charge in [-0.1, -0.05) is 0 Å². The molecule has 5 nitrogen and oxygen atoms in total. The van der Waals surface area contributed by atoms with E-state index in [1.807, 2.05) is 11.7 Å².